The van der Waals surface area contributed by atoms with E-state index >= 15 is 0 Å². The lowest BCUT2D eigenvalue weighted by Gasteiger charge is -2.19. The minimum atomic E-state index is -5.20. The van der Waals surface area contributed by atoms with Crippen molar-refractivity contribution in [3.05, 3.63) is 28.8 Å². The summed E-state index contributed by atoms with van der Waals surface area (Å²) >= 11 is 0. The van der Waals surface area contributed by atoms with Crippen molar-refractivity contribution in [3.63, 3.8) is 0 Å². The van der Waals surface area contributed by atoms with Gasteiger partial charge in [0, 0.05) is 12.8 Å². The first-order chi connectivity index (χ1) is 14.3. The predicted molar refractivity (Wildman–Crippen MR) is 107 cm³/mol. The first-order valence-corrected chi connectivity index (χ1v) is 10.6. The van der Waals surface area contributed by atoms with Gasteiger partial charge in [-0.2, -0.15) is 21.6 Å². The second kappa shape index (κ2) is 11.6. The van der Waals surface area contributed by atoms with Crippen LogP contribution >= 0.6 is 0 Å². The number of carbonyl (C=O) groups is 2. The lowest BCUT2D eigenvalue weighted by atomic mass is 9.85. The second-order valence-corrected chi connectivity index (χ2v) is 7.95. The highest BCUT2D eigenvalue weighted by molar-refractivity contribution is 7.85. The van der Waals surface area contributed by atoms with Gasteiger partial charge in [0.15, 0.2) is 0 Å². The Balaban J connectivity index is 2.69. The zero-order valence-corrected chi connectivity index (χ0v) is 17.2. The maximum Gasteiger partial charge on any atom is 0.426 e. The van der Waals surface area contributed by atoms with Crippen LogP contribution in [0.2, 0.25) is 0 Å². The van der Waals surface area contributed by atoms with Crippen molar-refractivity contribution in [3.8, 4) is 5.75 Å². The molecule has 1 rings (SSSR count). The topological polar surface area (TPSA) is 107 Å². The minimum absolute atomic E-state index is 0.0301. The smallest absolute Gasteiger partial charge is 0.426 e. The number of carbonyl (C=O) groups excluding carboxylic acids is 2. The van der Waals surface area contributed by atoms with Crippen LogP contribution in [-0.2, 0) is 43.4 Å². The lowest BCUT2D eigenvalue weighted by molar-refractivity contribution is -0.215. The summed E-state index contributed by atoms with van der Waals surface area (Å²) in [5, 5.41) is 0. The molecular formula is C17H18B3F3O7S. The molecule has 0 aliphatic rings. The molecule has 1 N–H and O–H groups in total. The SMILES string of the molecule is [B]Cc1cc(C[B])c(OC(=O)CCCC(=O)OC(CS(=O)(=O)O)C(F)(F)F)c(C[B])c1. The molecule has 14 heteroatoms. The summed E-state index contributed by atoms with van der Waals surface area (Å²) in [7, 11) is 11.9. The van der Waals surface area contributed by atoms with E-state index in [9.17, 15) is 31.2 Å². The van der Waals surface area contributed by atoms with Crippen molar-refractivity contribution in [1.82, 2.24) is 0 Å². The number of halogens is 3. The number of esters is 2. The molecule has 6 radical (unpaired) electrons. The van der Waals surface area contributed by atoms with Crippen LogP contribution in [0.1, 0.15) is 36.0 Å². The minimum Gasteiger partial charge on any atom is -0.451 e. The van der Waals surface area contributed by atoms with Gasteiger partial charge in [0.2, 0.25) is 6.10 Å². The van der Waals surface area contributed by atoms with Crippen LogP contribution in [0.15, 0.2) is 12.1 Å². The van der Waals surface area contributed by atoms with E-state index in [2.05, 4.69) is 4.74 Å². The van der Waals surface area contributed by atoms with Gasteiger partial charge in [-0.1, -0.05) is 36.7 Å². The molecule has 0 fully saturated rings. The molecule has 0 aromatic heterocycles. The molecule has 1 aromatic rings. The molecule has 0 aliphatic carbocycles. The first kappa shape index (κ1) is 27.1. The van der Waals surface area contributed by atoms with Gasteiger partial charge in [-0.15, -0.1) is 0 Å². The van der Waals surface area contributed by atoms with Gasteiger partial charge in [-0.05, 0) is 17.5 Å². The van der Waals surface area contributed by atoms with E-state index in [1.54, 1.807) is 12.1 Å². The fraction of sp³-hybridized carbons (Fsp3) is 0.529. The van der Waals surface area contributed by atoms with Gasteiger partial charge in [-0.25, -0.2) is 0 Å². The van der Waals surface area contributed by atoms with Gasteiger partial charge in [0.25, 0.3) is 10.1 Å². The number of alkyl halides is 3. The summed E-state index contributed by atoms with van der Waals surface area (Å²) in [4.78, 5) is 23.7. The molecule has 0 spiro atoms. The third-order valence-corrected chi connectivity index (χ3v) is 4.68. The third kappa shape index (κ3) is 9.38. The summed E-state index contributed by atoms with van der Waals surface area (Å²) in [5.74, 6) is -3.85. The summed E-state index contributed by atoms with van der Waals surface area (Å²) in [5.41, 5.74) is 1.69. The zero-order chi connectivity index (χ0) is 23.8. The highest BCUT2D eigenvalue weighted by Gasteiger charge is 2.45. The Morgan fingerprint density at radius 2 is 1.52 bits per heavy atom. The molecule has 0 heterocycles. The molecule has 7 nitrogen and oxygen atoms in total. The Kier molecular flexibility index (Phi) is 10.1. The highest BCUT2D eigenvalue weighted by Crippen LogP contribution is 2.28. The molecule has 1 atom stereocenters. The Morgan fingerprint density at radius 1 is 1.00 bits per heavy atom. The van der Waals surface area contributed by atoms with E-state index in [0.717, 1.165) is 5.56 Å². The lowest BCUT2D eigenvalue weighted by Crippen LogP contribution is -2.39. The van der Waals surface area contributed by atoms with E-state index in [-0.39, 0.29) is 37.6 Å². The molecule has 1 aromatic carbocycles. The number of ether oxygens (including phenoxy) is 2. The molecule has 164 valence electrons. The predicted octanol–water partition coefficient (Wildman–Crippen LogP) is 1.13. The number of benzene rings is 1. The normalized spacial score (nSPS) is 12.9. The molecule has 31 heavy (non-hydrogen) atoms. The van der Waals surface area contributed by atoms with E-state index in [1.165, 1.54) is 0 Å². The van der Waals surface area contributed by atoms with Crippen LogP contribution in [-0.4, -0.2) is 66.5 Å². The van der Waals surface area contributed by atoms with Crippen LogP contribution in [0.4, 0.5) is 13.2 Å². The number of rotatable bonds is 11. The maximum atomic E-state index is 12.7. The molecule has 0 saturated heterocycles. The fourth-order valence-corrected chi connectivity index (χ4v) is 3.16. The van der Waals surface area contributed by atoms with Crippen molar-refractivity contribution >= 4 is 45.6 Å². The Morgan fingerprint density at radius 3 is 1.94 bits per heavy atom. The number of hydrogen-bond acceptors (Lipinski definition) is 6. The quantitative estimate of drug-likeness (QED) is 0.231. The fourth-order valence-electron chi connectivity index (χ4n) is 2.52. The standard InChI is InChI=1S/C17H18B3F3O7S/c18-6-10-4-11(7-19)16(12(5-10)8-20)30-15(25)3-1-2-14(24)29-13(17(21,22)23)9-31(26,27)28/h4-5,13H,1-3,6-9H2,(H,26,27,28). The van der Waals surface area contributed by atoms with Crippen LogP contribution in [0.3, 0.4) is 0 Å². The number of hydrogen-bond donors (Lipinski definition) is 1. The van der Waals surface area contributed by atoms with Crippen molar-refractivity contribution in [1.29, 1.82) is 0 Å². The van der Waals surface area contributed by atoms with Crippen molar-refractivity contribution in [2.24, 2.45) is 0 Å². The maximum absolute atomic E-state index is 12.7. The van der Waals surface area contributed by atoms with Gasteiger partial charge in [0.1, 0.15) is 11.5 Å². The summed E-state index contributed by atoms with van der Waals surface area (Å²) in [6.45, 7) is 0. The van der Waals surface area contributed by atoms with Gasteiger partial charge < -0.3 is 9.47 Å². The van der Waals surface area contributed by atoms with Crippen LogP contribution < -0.4 is 4.74 Å². The Hall–Kier alpha value is -1.95. The van der Waals surface area contributed by atoms with E-state index in [1.807, 2.05) is 0 Å². The average molecular weight is 456 g/mol. The molecule has 0 amide bonds. The largest absolute Gasteiger partial charge is 0.451 e. The summed E-state index contributed by atoms with van der Waals surface area (Å²) in [6.07, 6.45) is -9.15. The third-order valence-electron chi connectivity index (χ3n) is 3.96. The second-order valence-electron chi connectivity index (χ2n) is 6.45. The molecule has 1 unspecified atom stereocenters. The van der Waals surface area contributed by atoms with Crippen molar-refractivity contribution in [2.45, 2.75) is 50.5 Å². The van der Waals surface area contributed by atoms with Crippen LogP contribution in [0.5, 0.6) is 5.75 Å². The van der Waals surface area contributed by atoms with E-state index in [0.29, 0.717) is 11.1 Å². The van der Waals surface area contributed by atoms with Crippen LogP contribution in [0, 0.1) is 0 Å². The molecule has 0 aliphatic heterocycles. The van der Waals surface area contributed by atoms with Gasteiger partial charge >= 0.3 is 18.1 Å². The van der Waals surface area contributed by atoms with Gasteiger partial charge in [-0.3, -0.25) is 14.1 Å². The van der Waals surface area contributed by atoms with E-state index in [4.69, 9.17) is 32.8 Å². The van der Waals surface area contributed by atoms with Gasteiger partial charge in [0.05, 0.1) is 23.5 Å². The zero-order valence-electron chi connectivity index (χ0n) is 16.4. The highest BCUT2D eigenvalue weighted by atomic mass is 32.2. The Labute approximate surface area is 182 Å². The summed E-state index contributed by atoms with van der Waals surface area (Å²) < 4.78 is 77.5. The van der Waals surface area contributed by atoms with Crippen molar-refractivity contribution < 1.29 is 45.2 Å². The molecule has 0 saturated carbocycles. The summed E-state index contributed by atoms with van der Waals surface area (Å²) in [6, 6.07) is 3.29. The first-order valence-electron chi connectivity index (χ1n) is 8.97. The van der Waals surface area contributed by atoms with Crippen LogP contribution in [0.25, 0.3) is 0 Å². The average Bonchev–Trinajstić information content (AvgIpc) is 2.65. The van der Waals surface area contributed by atoms with Crippen molar-refractivity contribution in [2.75, 3.05) is 5.75 Å². The Bertz CT molecular complexity index is 866. The monoisotopic (exact) mass is 456 g/mol. The molecular weight excluding hydrogens is 438 g/mol. The molecule has 0 bridgehead atoms. The van der Waals surface area contributed by atoms with E-state index < -0.39 is 46.5 Å².